The molecule has 0 aliphatic carbocycles. The number of benzene rings is 1. The minimum Gasteiger partial charge on any atom is -0.348 e. The number of hydrogen-bond donors (Lipinski definition) is 2. The van der Waals surface area contributed by atoms with Crippen molar-refractivity contribution in [1.29, 1.82) is 0 Å². The fourth-order valence-corrected chi connectivity index (χ4v) is 3.27. The van der Waals surface area contributed by atoms with Crippen LogP contribution in [0.2, 0.25) is 0 Å². The molecule has 0 radical (unpaired) electrons. The zero-order chi connectivity index (χ0) is 18.4. The first-order valence-electron chi connectivity index (χ1n) is 9.12. The van der Waals surface area contributed by atoms with E-state index in [1.54, 1.807) is 30.5 Å². The molecule has 6 heteroatoms. The number of rotatable bonds is 6. The maximum absolute atomic E-state index is 13.4. The summed E-state index contributed by atoms with van der Waals surface area (Å²) in [5.41, 5.74) is 1.00. The van der Waals surface area contributed by atoms with E-state index in [1.165, 1.54) is 31.4 Å². The van der Waals surface area contributed by atoms with E-state index in [4.69, 9.17) is 0 Å². The largest absolute Gasteiger partial charge is 0.348 e. The van der Waals surface area contributed by atoms with E-state index in [1.807, 2.05) is 6.92 Å². The van der Waals surface area contributed by atoms with Gasteiger partial charge in [-0.3, -0.25) is 4.79 Å². The molecule has 2 heterocycles. The van der Waals surface area contributed by atoms with E-state index in [-0.39, 0.29) is 17.8 Å². The number of anilines is 2. The van der Waals surface area contributed by atoms with E-state index < -0.39 is 0 Å². The normalized spacial score (nSPS) is 16.1. The van der Waals surface area contributed by atoms with Crippen molar-refractivity contribution in [2.75, 3.05) is 25.0 Å². The van der Waals surface area contributed by atoms with Crippen LogP contribution in [0.3, 0.4) is 0 Å². The highest BCUT2D eigenvalue weighted by Gasteiger charge is 2.18. The van der Waals surface area contributed by atoms with Crippen molar-refractivity contribution < 1.29 is 9.18 Å². The molecule has 0 bridgehead atoms. The Morgan fingerprint density at radius 3 is 2.81 bits per heavy atom. The van der Waals surface area contributed by atoms with Crippen LogP contribution in [0.4, 0.5) is 15.9 Å². The SMILES string of the molecule is CC(CN1CCCCC1)NC(=O)c1cccnc1Nc1cccc(F)c1. The first-order chi connectivity index (χ1) is 12.6. The van der Waals surface area contributed by atoms with E-state index >= 15 is 0 Å². The number of nitrogens with one attached hydrogen (secondary N) is 2. The Hall–Kier alpha value is -2.47. The van der Waals surface area contributed by atoms with Crippen molar-refractivity contribution in [3.05, 3.63) is 54.0 Å². The Balaban J connectivity index is 1.65. The average molecular weight is 356 g/mol. The summed E-state index contributed by atoms with van der Waals surface area (Å²) in [7, 11) is 0. The molecule has 1 aromatic carbocycles. The van der Waals surface area contributed by atoms with Gasteiger partial charge in [0, 0.05) is 24.5 Å². The third kappa shape index (κ3) is 5.02. The molecular formula is C20H25FN4O. The second-order valence-electron chi connectivity index (χ2n) is 6.77. The summed E-state index contributed by atoms with van der Waals surface area (Å²) >= 11 is 0. The molecule has 5 nitrogen and oxygen atoms in total. The van der Waals surface area contributed by atoms with Crippen molar-refractivity contribution in [2.24, 2.45) is 0 Å². The van der Waals surface area contributed by atoms with Crippen molar-refractivity contribution in [3.63, 3.8) is 0 Å². The van der Waals surface area contributed by atoms with Crippen LogP contribution in [0.5, 0.6) is 0 Å². The molecule has 1 fully saturated rings. The fraction of sp³-hybridized carbons (Fsp3) is 0.400. The predicted octanol–water partition coefficient (Wildman–Crippen LogP) is 3.57. The fourth-order valence-electron chi connectivity index (χ4n) is 3.27. The Morgan fingerprint density at radius 1 is 1.23 bits per heavy atom. The van der Waals surface area contributed by atoms with Crippen LogP contribution in [0.1, 0.15) is 36.5 Å². The van der Waals surface area contributed by atoms with Crippen LogP contribution in [0.25, 0.3) is 0 Å². The zero-order valence-corrected chi connectivity index (χ0v) is 15.0. The Bertz CT molecular complexity index is 746. The summed E-state index contributed by atoms with van der Waals surface area (Å²) in [4.78, 5) is 19.3. The molecule has 0 saturated carbocycles. The van der Waals surface area contributed by atoms with Gasteiger partial charge in [-0.05, 0) is 63.2 Å². The lowest BCUT2D eigenvalue weighted by atomic mass is 10.1. The third-order valence-electron chi connectivity index (χ3n) is 4.50. The summed E-state index contributed by atoms with van der Waals surface area (Å²) in [6, 6.07) is 9.58. The predicted molar refractivity (Wildman–Crippen MR) is 101 cm³/mol. The van der Waals surface area contributed by atoms with Gasteiger partial charge in [0.15, 0.2) is 0 Å². The molecule has 1 unspecified atom stereocenters. The molecule has 1 aromatic heterocycles. The Kier molecular flexibility index (Phi) is 6.17. The Labute approximate surface area is 153 Å². The van der Waals surface area contributed by atoms with Crippen LogP contribution in [-0.4, -0.2) is 41.5 Å². The summed E-state index contributed by atoms with van der Waals surface area (Å²) in [5.74, 6) is -0.102. The van der Waals surface area contributed by atoms with Crippen LogP contribution in [-0.2, 0) is 0 Å². The number of halogens is 1. The number of carbonyl (C=O) groups excluding carboxylic acids is 1. The van der Waals surface area contributed by atoms with Crippen LogP contribution < -0.4 is 10.6 Å². The molecule has 138 valence electrons. The molecule has 26 heavy (non-hydrogen) atoms. The summed E-state index contributed by atoms with van der Waals surface area (Å²) in [6.45, 7) is 5.06. The first-order valence-corrected chi connectivity index (χ1v) is 9.12. The first kappa shape index (κ1) is 18.3. The number of nitrogens with zero attached hydrogens (tertiary/aromatic N) is 2. The van der Waals surface area contributed by atoms with E-state index in [0.717, 1.165) is 19.6 Å². The van der Waals surface area contributed by atoms with E-state index in [9.17, 15) is 9.18 Å². The van der Waals surface area contributed by atoms with Gasteiger partial charge in [0.05, 0.1) is 5.56 Å². The van der Waals surface area contributed by atoms with Crippen LogP contribution in [0.15, 0.2) is 42.6 Å². The highest BCUT2D eigenvalue weighted by atomic mass is 19.1. The van der Waals surface area contributed by atoms with Gasteiger partial charge in [-0.1, -0.05) is 12.5 Å². The van der Waals surface area contributed by atoms with E-state index in [2.05, 4.69) is 20.5 Å². The lowest BCUT2D eigenvalue weighted by Crippen LogP contribution is -2.43. The monoisotopic (exact) mass is 356 g/mol. The quantitative estimate of drug-likeness (QED) is 0.831. The van der Waals surface area contributed by atoms with Gasteiger partial charge in [0.2, 0.25) is 0 Å². The number of carbonyl (C=O) groups is 1. The lowest BCUT2D eigenvalue weighted by molar-refractivity contribution is 0.0926. The van der Waals surface area contributed by atoms with Gasteiger partial charge in [-0.2, -0.15) is 0 Å². The number of pyridine rings is 1. The maximum Gasteiger partial charge on any atom is 0.255 e. The summed E-state index contributed by atoms with van der Waals surface area (Å²) < 4.78 is 13.4. The van der Waals surface area contributed by atoms with Gasteiger partial charge >= 0.3 is 0 Å². The number of aromatic nitrogens is 1. The summed E-state index contributed by atoms with van der Waals surface area (Å²) in [5, 5.41) is 6.07. The maximum atomic E-state index is 13.4. The number of likely N-dealkylation sites (tertiary alicyclic amines) is 1. The van der Waals surface area contributed by atoms with Gasteiger partial charge < -0.3 is 15.5 Å². The van der Waals surface area contributed by atoms with Crippen molar-refractivity contribution in [1.82, 2.24) is 15.2 Å². The lowest BCUT2D eigenvalue weighted by Gasteiger charge is -2.29. The molecule has 1 aliphatic heterocycles. The molecule has 0 spiro atoms. The molecular weight excluding hydrogens is 331 g/mol. The number of piperidine rings is 1. The second kappa shape index (κ2) is 8.76. The number of amides is 1. The smallest absolute Gasteiger partial charge is 0.255 e. The van der Waals surface area contributed by atoms with Crippen molar-refractivity contribution in [3.8, 4) is 0 Å². The zero-order valence-electron chi connectivity index (χ0n) is 15.0. The molecule has 3 rings (SSSR count). The van der Waals surface area contributed by atoms with Gasteiger partial charge in [0.1, 0.15) is 11.6 Å². The second-order valence-corrected chi connectivity index (χ2v) is 6.77. The third-order valence-corrected chi connectivity index (χ3v) is 4.50. The van der Waals surface area contributed by atoms with Crippen LogP contribution in [0, 0.1) is 5.82 Å². The molecule has 2 N–H and O–H groups in total. The molecule has 1 aliphatic rings. The number of hydrogen-bond acceptors (Lipinski definition) is 4. The standard InChI is InChI=1S/C20H25FN4O/c1-15(14-25-11-3-2-4-12-25)23-20(26)18-9-6-10-22-19(18)24-17-8-5-7-16(21)13-17/h5-10,13,15H,2-4,11-12,14H2,1H3,(H,22,24)(H,23,26). The van der Waals surface area contributed by atoms with Crippen LogP contribution >= 0.6 is 0 Å². The van der Waals surface area contributed by atoms with Gasteiger partial charge in [-0.15, -0.1) is 0 Å². The topological polar surface area (TPSA) is 57.3 Å². The summed E-state index contributed by atoms with van der Waals surface area (Å²) in [6.07, 6.45) is 5.35. The molecule has 1 amide bonds. The van der Waals surface area contributed by atoms with Crippen molar-refractivity contribution >= 4 is 17.4 Å². The molecule has 1 atom stereocenters. The highest BCUT2D eigenvalue weighted by Crippen LogP contribution is 2.19. The van der Waals surface area contributed by atoms with Gasteiger partial charge in [-0.25, -0.2) is 9.37 Å². The molecule has 2 aromatic rings. The van der Waals surface area contributed by atoms with E-state index in [0.29, 0.717) is 17.1 Å². The van der Waals surface area contributed by atoms with Gasteiger partial charge in [0.25, 0.3) is 5.91 Å². The Morgan fingerprint density at radius 2 is 2.04 bits per heavy atom. The molecule has 1 saturated heterocycles. The average Bonchev–Trinajstić information content (AvgIpc) is 2.63. The van der Waals surface area contributed by atoms with Crippen molar-refractivity contribution in [2.45, 2.75) is 32.2 Å². The minimum absolute atomic E-state index is 0.0443. The highest BCUT2D eigenvalue weighted by molar-refractivity contribution is 5.99. The minimum atomic E-state index is -0.341.